The van der Waals surface area contributed by atoms with Gasteiger partial charge in [-0.15, -0.1) is 0 Å². The number of rotatable bonds is 4. The highest BCUT2D eigenvalue weighted by Crippen LogP contribution is 2.25. The third-order valence-corrected chi connectivity index (χ3v) is 7.45. The molecule has 8 heteroatoms. The zero-order valence-corrected chi connectivity index (χ0v) is 19.0. The van der Waals surface area contributed by atoms with Gasteiger partial charge in [0.15, 0.2) is 5.76 Å². The molecule has 7 nitrogen and oxygen atoms in total. The van der Waals surface area contributed by atoms with Crippen LogP contribution in [0.1, 0.15) is 43.4 Å². The summed E-state index contributed by atoms with van der Waals surface area (Å²) in [4.78, 5) is 14.3. The van der Waals surface area contributed by atoms with Gasteiger partial charge in [0.05, 0.1) is 0 Å². The molecular weight excluding hydrogens is 402 g/mol. The van der Waals surface area contributed by atoms with Crippen molar-refractivity contribution >= 4 is 22.0 Å². The van der Waals surface area contributed by atoms with Crippen LogP contribution in [0.15, 0.2) is 39.8 Å². The Bertz CT molecular complexity index is 1020. The van der Waals surface area contributed by atoms with Gasteiger partial charge in [0.2, 0.25) is 15.9 Å². The van der Waals surface area contributed by atoms with Crippen LogP contribution in [0.25, 0.3) is 6.08 Å². The third kappa shape index (κ3) is 4.65. The first-order chi connectivity index (χ1) is 14.0. The summed E-state index contributed by atoms with van der Waals surface area (Å²) in [6.07, 6.45) is 3.34. The molecule has 1 amide bonds. The van der Waals surface area contributed by atoms with E-state index in [4.69, 9.17) is 4.52 Å². The standard InChI is InChI=1S/C22H29N3O4S/c1-16-21(17(2)29-23-16)30(27,28)25-14-12-24(13-15-25)20(26)11-8-18-6-9-19(10-7-18)22(3,4)5/h6-11H,12-15H2,1-5H3. The predicted molar refractivity (Wildman–Crippen MR) is 115 cm³/mol. The van der Waals surface area contributed by atoms with Crippen LogP contribution in [0, 0.1) is 13.8 Å². The summed E-state index contributed by atoms with van der Waals surface area (Å²) >= 11 is 0. The Balaban J connectivity index is 1.61. The van der Waals surface area contributed by atoms with Crippen LogP contribution in [0.4, 0.5) is 0 Å². The summed E-state index contributed by atoms with van der Waals surface area (Å²) in [5, 5.41) is 3.74. The zero-order valence-electron chi connectivity index (χ0n) is 18.2. The van der Waals surface area contributed by atoms with Crippen LogP contribution in [0.2, 0.25) is 0 Å². The van der Waals surface area contributed by atoms with Gasteiger partial charge in [-0.2, -0.15) is 4.31 Å². The Labute approximate surface area is 178 Å². The van der Waals surface area contributed by atoms with E-state index < -0.39 is 10.0 Å². The fraction of sp³-hybridized carbons (Fsp3) is 0.455. The maximum absolute atomic E-state index is 12.9. The Hall–Kier alpha value is -2.45. The summed E-state index contributed by atoms with van der Waals surface area (Å²) in [7, 11) is -3.68. The smallest absolute Gasteiger partial charge is 0.248 e. The molecule has 0 bridgehead atoms. The SMILES string of the molecule is Cc1noc(C)c1S(=O)(=O)N1CCN(C(=O)C=Cc2ccc(C(C)(C)C)cc2)CC1. The zero-order chi connectivity index (χ0) is 22.1. The predicted octanol–water partition coefficient (Wildman–Crippen LogP) is 3.14. The number of hydrogen-bond donors (Lipinski definition) is 0. The number of benzene rings is 1. The first-order valence-corrected chi connectivity index (χ1v) is 11.4. The molecule has 0 N–H and O–H groups in total. The summed E-state index contributed by atoms with van der Waals surface area (Å²) in [5.41, 5.74) is 2.63. The van der Waals surface area contributed by atoms with Crippen molar-refractivity contribution in [3.05, 3.63) is 52.9 Å². The molecule has 0 atom stereocenters. The van der Waals surface area contributed by atoms with E-state index in [2.05, 4.69) is 38.1 Å². The molecule has 2 heterocycles. The Morgan fingerprint density at radius 3 is 2.17 bits per heavy atom. The molecule has 0 spiro atoms. The maximum atomic E-state index is 12.9. The van der Waals surface area contributed by atoms with Crippen molar-refractivity contribution in [2.45, 2.75) is 44.9 Å². The van der Waals surface area contributed by atoms with Crippen LogP contribution < -0.4 is 0 Å². The van der Waals surface area contributed by atoms with Crippen LogP contribution in [0.3, 0.4) is 0 Å². The first kappa shape index (κ1) is 22.2. The van der Waals surface area contributed by atoms with Gasteiger partial charge >= 0.3 is 0 Å². The van der Waals surface area contributed by atoms with Gasteiger partial charge in [0.1, 0.15) is 10.6 Å². The Kier molecular flexibility index (Phi) is 6.19. The second-order valence-corrected chi connectivity index (χ2v) is 10.5. The number of amides is 1. The van der Waals surface area contributed by atoms with Gasteiger partial charge in [-0.3, -0.25) is 4.79 Å². The average Bonchev–Trinajstić information content (AvgIpc) is 3.04. The third-order valence-electron chi connectivity index (χ3n) is 5.31. The molecule has 0 aliphatic carbocycles. The van der Waals surface area contributed by atoms with Crippen molar-refractivity contribution in [2.24, 2.45) is 0 Å². The molecule has 1 fully saturated rings. The molecule has 1 aromatic carbocycles. The highest BCUT2D eigenvalue weighted by molar-refractivity contribution is 7.89. The molecule has 2 aromatic rings. The van der Waals surface area contributed by atoms with Crippen molar-refractivity contribution < 1.29 is 17.7 Å². The van der Waals surface area contributed by atoms with E-state index in [-0.39, 0.29) is 35.1 Å². The number of carbonyl (C=O) groups is 1. The number of hydrogen-bond acceptors (Lipinski definition) is 5. The number of sulfonamides is 1. The van der Waals surface area contributed by atoms with E-state index in [1.165, 1.54) is 9.87 Å². The summed E-state index contributed by atoms with van der Waals surface area (Å²) < 4.78 is 32.2. The van der Waals surface area contributed by atoms with Gasteiger partial charge in [-0.1, -0.05) is 50.2 Å². The van der Waals surface area contributed by atoms with Gasteiger partial charge < -0.3 is 9.42 Å². The molecule has 1 aliphatic rings. The number of carbonyl (C=O) groups excluding carboxylic acids is 1. The number of nitrogens with zero attached hydrogens (tertiary/aromatic N) is 3. The lowest BCUT2D eigenvalue weighted by molar-refractivity contribution is -0.127. The molecule has 0 radical (unpaired) electrons. The lowest BCUT2D eigenvalue weighted by Gasteiger charge is -2.33. The van der Waals surface area contributed by atoms with Gasteiger partial charge in [-0.05, 0) is 36.5 Å². The van der Waals surface area contributed by atoms with Crippen LogP contribution in [-0.2, 0) is 20.2 Å². The molecule has 3 rings (SSSR count). The monoisotopic (exact) mass is 431 g/mol. The molecule has 1 aromatic heterocycles. The first-order valence-electron chi connectivity index (χ1n) is 10.0. The fourth-order valence-corrected chi connectivity index (χ4v) is 5.20. The maximum Gasteiger partial charge on any atom is 0.248 e. The van der Waals surface area contributed by atoms with Crippen molar-refractivity contribution in [3.63, 3.8) is 0 Å². The van der Waals surface area contributed by atoms with Crippen molar-refractivity contribution in [1.29, 1.82) is 0 Å². The van der Waals surface area contributed by atoms with E-state index >= 15 is 0 Å². The van der Waals surface area contributed by atoms with Gasteiger partial charge in [0, 0.05) is 32.3 Å². The molecular formula is C22H29N3O4S. The topological polar surface area (TPSA) is 83.7 Å². The van der Waals surface area contributed by atoms with Gasteiger partial charge in [0.25, 0.3) is 0 Å². The minimum absolute atomic E-state index is 0.0850. The highest BCUT2D eigenvalue weighted by atomic mass is 32.2. The molecule has 0 unspecified atom stereocenters. The summed E-state index contributed by atoms with van der Waals surface area (Å²) in [5.74, 6) is 0.163. The van der Waals surface area contributed by atoms with Crippen LogP contribution >= 0.6 is 0 Å². The molecule has 1 saturated heterocycles. The van der Waals surface area contributed by atoms with E-state index in [0.29, 0.717) is 18.8 Å². The minimum Gasteiger partial charge on any atom is -0.360 e. The van der Waals surface area contributed by atoms with Gasteiger partial charge in [-0.25, -0.2) is 8.42 Å². The molecule has 30 heavy (non-hydrogen) atoms. The lowest BCUT2D eigenvalue weighted by Crippen LogP contribution is -2.50. The largest absolute Gasteiger partial charge is 0.360 e. The van der Waals surface area contributed by atoms with Crippen molar-refractivity contribution in [3.8, 4) is 0 Å². The van der Waals surface area contributed by atoms with E-state index in [1.807, 2.05) is 12.1 Å². The normalized spacial score (nSPS) is 16.4. The average molecular weight is 432 g/mol. The van der Waals surface area contributed by atoms with E-state index in [9.17, 15) is 13.2 Å². The molecule has 0 saturated carbocycles. The Morgan fingerprint density at radius 2 is 1.67 bits per heavy atom. The number of aromatic nitrogens is 1. The molecule has 1 aliphatic heterocycles. The summed E-state index contributed by atoms with van der Waals surface area (Å²) in [6, 6.07) is 8.14. The quantitative estimate of drug-likeness (QED) is 0.695. The fourth-order valence-electron chi connectivity index (χ4n) is 3.49. The van der Waals surface area contributed by atoms with Crippen molar-refractivity contribution in [1.82, 2.24) is 14.4 Å². The minimum atomic E-state index is -3.68. The number of aryl methyl sites for hydroxylation is 2. The lowest BCUT2D eigenvalue weighted by atomic mass is 9.87. The van der Waals surface area contributed by atoms with Crippen molar-refractivity contribution in [2.75, 3.05) is 26.2 Å². The molecule has 162 valence electrons. The second-order valence-electron chi connectivity index (χ2n) is 8.59. The van der Waals surface area contributed by atoms with E-state index in [0.717, 1.165) is 5.56 Å². The second kappa shape index (κ2) is 8.35. The summed E-state index contributed by atoms with van der Waals surface area (Å²) in [6.45, 7) is 10.8. The highest BCUT2D eigenvalue weighted by Gasteiger charge is 2.33. The number of piperazine rings is 1. The Morgan fingerprint density at radius 1 is 1.07 bits per heavy atom. The van der Waals surface area contributed by atoms with Crippen LogP contribution in [-0.4, -0.2) is 54.9 Å². The van der Waals surface area contributed by atoms with Crippen LogP contribution in [0.5, 0.6) is 0 Å². The van der Waals surface area contributed by atoms with E-state index in [1.54, 1.807) is 30.9 Å².